The molecule has 1 unspecified atom stereocenters. The highest BCUT2D eigenvalue weighted by molar-refractivity contribution is 6.05. The number of fused-ring (bicyclic) bond motifs is 1. The van der Waals surface area contributed by atoms with Gasteiger partial charge in [-0.05, 0) is 37.0 Å². The second kappa shape index (κ2) is 7.66. The Morgan fingerprint density at radius 2 is 1.78 bits per heavy atom. The molecule has 7 nitrogen and oxygen atoms in total. The van der Waals surface area contributed by atoms with Gasteiger partial charge >= 0.3 is 6.03 Å². The van der Waals surface area contributed by atoms with Gasteiger partial charge in [-0.2, -0.15) is 0 Å². The van der Waals surface area contributed by atoms with Crippen LogP contribution in [0, 0.1) is 0 Å². The van der Waals surface area contributed by atoms with Crippen LogP contribution in [-0.2, 0) is 16.0 Å². The third-order valence-corrected chi connectivity index (χ3v) is 5.97. The molecule has 2 saturated heterocycles. The Labute approximate surface area is 159 Å². The first-order chi connectivity index (χ1) is 13.1. The van der Waals surface area contributed by atoms with E-state index in [1.54, 1.807) is 22.2 Å². The molecule has 0 aromatic carbocycles. The first-order valence-electron chi connectivity index (χ1n) is 9.95. The first-order valence-corrected chi connectivity index (χ1v) is 9.95. The number of carbonyl (C=O) groups excluding carboxylic acids is 3. The first kappa shape index (κ1) is 17.9. The van der Waals surface area contributed by atoms with Gasteiger partial charge in [-0.15, -0.1) is 0 Å². The van der Waals surface area contributed by atoms with Gasteiger partial charge in [0.1, 0.15) is 6.04 Å². The largest absolute Gasteiger partial charge is 0.340 e. The Kier molecular flexibility index (Phi) is 5.09. The van der Waals surface area contributed by atoms with E-state index in [-0.39, 0.29) is 23.9 Å². The van der Waals surface area contributed by atoms with E-state index in [1.165, 1.54) is 11.3 Å². The normalized spacial score (nSPS) is 24.1. The molecule has 1 aromatic rings. The van der Waals surface area contributed by atoms with Crippen LogP contribution in [0.25, 0.3) is 0 Å². The number of pyridine rings is 1. The van der Waals surface area contributed by atoms with Crippen molar-refractivity contribution in [2.75, 3.05) is 19.6 Å². The molecule has 3 aliphatic rings. The summed E-state index contributed by atoms with van der Waals surface area (Å²) < 4.78 is 0. The van der Waals surface area contributed by atoms with Gasteiger partial charge in [0, 0.05) is 31.5 Å². The van der Waals surface area contributed by atoms with Crippen molar-refractivity contribution in [3.8, 4) is 0 Å². The third-order valence-electron chi connectivity index (χ3n) is 5.97. The number of urea groups is 1. The van der Waals surface area contributed by atoms with Gasteiger partial charge in [0.15, 0.2) is 0 Å². The van der Waals surface area contributed by atoms with Crippen LogP contribution in [0.1, 0.15) is 44.1 Å². The summed E-state index contributed by atoms with van der Waals surface area (Å²) in [5.74, 6) is -0.116. The monoisotopic (exact) mass is 370 g/mol. The highest BCUT2D eigenvalue weighted by atomic mass is 16.2. The van der Waals surface area contributed by atoms with Gasteiger partial charge in [-0.3, -0.25) is 19.5 Å². The lowest BCUT2D eigenvalue weighted by molar-refractivity contribution is -0.133. The van der Waals surface area contributed by atoms with Crippen LogP contribution in [0.5, 0.6) is 0 Å². The molecule has 0 bridgehead atoms. The summed E-state index contributed by atoms with van der Waals surface area (Å²) in [6, 6.07) is 3.02. The predicted octanol–water partition coefficient (Wildman–Crippen LogP) is 1.82. The van der Waals surface area contributed by atoms with Crippen LogP contribution < -0.4 is 0 Å². The average Bonchev–Trinajstić information content (AvgIpc) is 2.84. The second-order valence-corrected chi connectivity index (χ2v) is 7.72. The van der Waals surface area contributed by atoms with Crippen molar-refractivity contribution in [2.45, 2.75) is 57.0 Å². The summed E-state index contributed by atoms with van der Waals surface area (Å²) in [6.07, 6.45) is 9.48. The number of carbonyl (C=O) groups is 3. The van der Waals surface area contributed by atoms with Crippen molar-refractivity contribution in [1.29, 1.82) is 0 Å². The molecule has 7 heteroatoms. The lowest BCUT2D eigenvalue weighted by atomic mass is 9.94. The second-order valence-electron chi connectivity index (χ2n) is 7.72. The number of nitrogens with zero attached hydrogens (tertiary/aromatic N) is 4. The molecule has 1 aromatic heterocycles. The average molecular weight is 370 g/mol. The number of hydrogen-bond acceptors (Lipinski definition) is 4. The van der Waals surface area contributed by atoms with Crippen molar-refractivity contribution in [2.24, 2.45) is 0 Å². The van der Waals surface area contributed by atoms with Gasteiger partial charge in [0.25, 0.3) is 5.91 Å². The molecule has 1 atom stereocenters. The summed E-state index contributed by atoms with van der Waals surface area (Å²) in [7, 11) is 0. The van der Waals surface area contributed by atoms with E-state index in [4.69, 9.17) is 0 Å². The summed E-state index contributed by atoms with van der Waals surface area (Å²) in [4.78, 5) is 47.6. The summed E-state index contributed by atoms with van der Waals surface area (Å²) in [6.45, 7) is 1.43. The molecular formula is C20H26N4O3. The van der Waals surface area contributed by atoms with E-state index in [0.29, 0.717) is 32.5 Å². The summed E-state index contributed by atoms with van der Waals surface area (Å²) in [5.41, 5.74) is 0.911. The molecule has 144 valence electrons. The van der Waals surface area contributed by atoms with Crippen molar-refractivity contribution < 1.29 is 14.4 Å². The quantitative estimate of drug-likeness (QED) is 0.761. The molecule has 0 spiro atoms. The van der Waals surface area contributed by atoms with Crippen LogP contribution in [0.15, 0.2) is 24.5 Å². The molecule has 3 fully saturated rings. The minimum absolute atomic E-state index is 0.000541. The van der Waals surface area contributed by atoms with Gasteiger partial charge in [0.2, 0.25) is 5.91 Å². The minimum atomic E-state index is -0.525. The van der Waals surface area contributed by atoms with E-state index in [1.807, 2.05) is 12.1 Å². The van der Waals surface area contributed by atoms with E-state index >= 15 is 0 Å². The zero-order valence-electron chi connectivity index (χ0n) is 15.5. The summed E-state index contributed by atoms with van der Waals surface area (Å²) in [5, 5.41) is 0. The molecule has 1 saturated carbocycles. The molecular weight excluding hydrogens is 344 g/mol. The lowest BCUT2D eigenvalue weighted by Crippen LogP contribution is -2.45. The van der Waals surface area contributed by atoms with E-state index in [9.17, 15) is 14.4 Å². The molecule has 4 rings (SSSR count). The molecule has 0 N–H and O–H groups in total. The lowest BCUT2D eigenvalue weighted by Gasteiger charge is -2.29. The smallest absolute Gasteiger partial charge is 0.327 e. The summed E-state index contributed by atoms with van der Waals surface area (Å²) >= 11 is 0. The zero-order valence-corrected chi connectivity index (χ0v) is 15.5. The van der Waals surface area contributed by atoms with E-state index in [2.05, 4.69) is 4.98 Å². The fraction of sp³-hybridized carbons (Fsp3) is 0.600. The Hall–Kier alpha value is -2.44. The van der Waals surface area contributed by atoms with Crippen molar-refractivity contribution in [1.82, 2.24) is 19.7 Å². The van der Waals surface area contributed by atoms with Gasteiger partial charge in [-0.1, -0.05) is 19.3 Å². The number of hydrogen-bond donors (Lipinski definition) is 0. The fourth-order valence-electron chi connectivity index (χ4n) is 4.51. The van der Waals surface area contributed by atoms with Crippen LogP contribution >= 0.6 is 0 Å². The molecule has 3 heterocycles. The standard InChI is InChI=1S/C20H26N4O3/c25-18(13-15-7-9-21-10-8-15)22-11-4-12-23-17(14-22)19(26)24(20(23)27)16-5-2-1-3-6-16/h7-10,16-17H,1-6,11-14H2. The van der Waals surface area contributed by atoms with Crippen molar-refractivity contribution in [3.05, 3.63) is 30.1 Å². The molecule has 1 aliphatic carbocycles. The third kappa shape index (κ3) is 3.55. The van der Waals surface area contributed by atoms with E-state index < -0.39 is 6.04 Å². The van der Waals surface area contributed by atoms with Crippen molar-refractivity contribution >= 4 is 17.8 Å². The molecule has 27 heavy (non-hydrogen) atoms. The number of aromatic nitrogens is 1. The highest BCUT2D eigenvalue weighted by Gasteiger charge is 2.49. The Bertz CT molecular complexity index is 717. The topological polar surface area (TPSA) is 73.8 Å². The van der Waals surface area contributed by atoms with Gasteiger partial charge in [0.05, 0.1) is 13.0 Å². The van der Waals surface area contributed by atoms with Crippen LogP contribution in [0.4, 0.5) is 4.79 Å². The molecule has 0 radical (unpaired) electrons. The molecule has 4 amide bonds. The molecule has 2 aliphatic heterocycles. The Balaban J connectivity index is 1.47. The maximum atomic E-state index is 13.0. The number of imide groups is 1. The highest BCUT2D eigenvalue weighted by Crippen LogP contribution is 2.30. The van der Waals surface area contributed by atoms with Gasteiger partial charge in [-0.25, -0.2) is 4.79 Å². The SMILES string of the molecule is O=C(Cc1ccncc1)N1CCCN2C(=O)N(C3CCCCC3)C(=O)C2C1. The number of rotatable bonds is 3. The Morgan fingerprint density at radius 3 is 2.52 bits per heavy atom. The zero-order chi connectivity index (χ0) is 18.8. The van der Waals surface area contributed by atoms with Crippen LogP contribution in [0.3, 0.4) is 0 Å². The fourth-order valence-corrected chi connectivity index (χ4v) is 4.51. The van der Waals surface area contributed by atoms with Gasteiger partial charge < -0.3 is 9.80 Å². The minimum Gasteiger partial charge on any atom is -0.340 e. The van der Waals surface area contributed by atoms with Crippen molar-refractivity contribution in [3.63, 3.8) is 0 Å². The van der Waals surface area contributed by atoms with Crippen LogP contribution in [0.2, 0.25) is 0 Å². The predicted molar refractivity (Wildman–Crippen MR) is 98.7 cm³/mol. The Morgan fingerprint density at radius 1 is 1.04 bits per heavy atom. The maximum Gasteiger partial charge on any atom is 0.327 e. The maximum absolute atomic E-state index is 13.0. The number of amides is 4. The van der Waals surface area contributed by atoms with Crippen LogP contribution in [-0.4, -0.2) is 69.2 Å². The van der Waals surface area contributed by atoms with E-state index in [0.717, 1.165) is 31.2 Å².